The summed E-state index contributed by atoms with van der Waals surface area (Å²) in [5.41, 5.74) is 1.43. The zero-order chi connectivity index (χ0) is 16.1. The third-order valence-electron chi connectivity index (χ3n) is 5.45. The molecule has 2 amide bonds. The van der Waals surface area contributed by atoms with Gasteiger partial charge in [-0.1, -0.05) is 0 Å². The van der Waals surface area contributed by atoms with Crippen molar-refractivity contribution in [2.45, 2.75) is 51.4 Å². The van der Waals surface area contributed by atoms with Gasteiger partial charge in [0.05, 0.1) is 6.20 Å². The standard InChI is InChI=1S/C17H26N4O2/c22-15-4-5-17(6-9-18-15)7-10-21(11-8-17)16(23)3-1-2-14-12-19-20-13-14/h12-13H,1-11H2,(H,18,22)(H,19,20). The second-order valence-corrected chi connectivity index (χ2v) is 6.94. The molecule has 3 heterocycles. The molecule has 0 atom stereocenters. The number of rotatable bonds is 4. The Balaban J connectivity index is 1.42. The van der Waals surface area contributed by atoms with E-state index in [4.69, 9.17) is 0 Å². The van der Waals surface area contributed by atoms with Crippen molar-refractivity contribution in [2.24, 2.45) is 5.41 Å². The van der Waals surface area contributed by atoms with E-state index in [-0.39, 0.29) is 17.2 Å². The number of carbonyl (C=O) groups excluding carboxylic acids is 2. The fourth-order valence-electron chi connectivity index (χ4n) is 3.81. The quantitative estimate of drug-likeness (QED) is 0.886. The number of likely N-dealkylation sites (tertiary alicyclic amines) is 1. The molecule has 0 saturated carbocycles. The average Bonchev–Trinajstić information content (AvgIpc) is 3.00. The third kappa shape index (κ3) is 4.12. The number of aromatic amines is 1. The number of H-pyrrole nitrogens is 1. The molecule has 0 unspecified atom stereocenters. The molecule has 0 radical (unpaired) electrons. The Morgan fingerprint density at radius 1 is 1.26 bits per heavy atom. The van der Waals surface area contributed by atoms with Crippen LogP contribution in [-0.4, -0.2) is 46.5 Å². The number of hydrogen-bond donors (Lipinski definition) is 2. The highest BCUT2D eigenvalue weighted by molar-refractivity contribution is 5.77. The molecule has 6 heteroatoms. The van der Waals surface area contributed by atoms with E-state index in [1.54, 1.807) is 0 Å². The summed E-state index contributed by atoms with van der Waals surface area (Å²) in [5, 5.41) is 9.68. The Bertz CT molecular complexity index is 533. The van der Waals surface area contributed by atoms with Crippen molar-refractivity contribution >= 4 is 11.8 Å². The van der Waals surface area contributed by atoms with Gasteiger partial charge >= 0.3 is 0 Å². The van der Waals surface area contributed by atoms with Crippen LogP contribution in [0.4, 0.5) is 0 Å². The summed E-state index contributed by atoms with van der Waals surface area (Å²) in [6.07, 6.45) is 10.8. The van der Waals surface area contributed by atoms with Gasteiger partial charge in [-0.25, -0.2) is 0 Å². The Hall–Kier alpha value is -1.85. The highest BCUT2D eigenvalue weighted by Gasteiger charge is 2.36. The zero-order valence-electron chi connectivity index (χ0n) is 13.6. The lowest BCUT2D eigenvalue weighted by molar-refractivity contribution is -0.134. The summed E-state index contributed by atoms with van der Waals surface area (Å²) in [6, 6.07) is 0. The van der Waals surface area contributed by atoms with Crippen LogP contribution in [0, 0.1) is 5.41 Å². The maximum Gasteiger partial charge on any atom is 0.222 e. The van der Waals surface area contributed by atoms with E-state index >= 15 is 0 Å². The Labute approximate surface area is 137 Å². The summed E-state index contributed by atoms with van der Waals surface area (Å²) < 4.78 is 0. The molecule has 2 saturated heterocycles. The van der Waals surface area contributed by atoms with E-state index in [1.165, 1.54) is 0 Å². The van der Waals surface area contributed by atoms with E-state index in [9.17, 15) is 9.59 Å². The van der Waals surface area contributed by atoms with Crippen LogP contribution in [0.25, 0.3) is 0 Å². The van der Waals surface area contributed by atoms with E-state index < -0.39 is 0 Å². The van der Waals surface area contributed by atoms with E-state index in [0.29, 0.717) is 12.8 Å². The summed E-state index contributed by atoms with van der Waals surface area (Å²) in [7, 11) is 0. The number of hydrogen-bond acceptors (Lipinski definition) is 3. The number of amides is 2. The van der Waals surface area contributed by atoms with Crippen molar-refractivity contribution in [1.82, 2.24) is 20.4 Å². The molecular formula is C17H26N4O2. The lowest BCUT2D eigenvalue weighted by atomic mass is 9.73. The van der Waals surface area contributed by atoms with Gasteiger partial charge < -0.3 is 10.2 Å². The van der Waals surface area contributed by atoms with Gasteiger partial charge in [0.2, 0.25) is 11.8 Å². The first-order valence-electron chi connectivity index (χ1n) is 8.69. The number of carbonyl (C=O) groups is 2. The minimum Gasteiger partial charge on any atom is -0.356 e. The Kier molecular flexibility index (Phi) is 4.98. The maximum atomic E-state index is 12.4. The fourth-order valence-corrected chi connectivity index (χ4v) is 3.81. The summed E-state index contributed by atoms with van der Waals surface area (Å²) in [5.74, 6) is 0.450. The van der Waals surface area contributed by atoms with Crippen molar-refractivity contribution in [3.8, 4) is 0 Å². The lowest BCUT2D eigenvalue weighted by Gasteiger charge is -2.41. The largest absolute Gasteiger partial charge is 0.356 e. The average molecular weight is 318 g/mol. The molecule has 0 aliphatic carbocycles. The van der Waals surface area contributed by atoms with Gasteiger partial charge in [0.15, 0.2) is 0 Å². The second kappa shape index (κ2) is 7.15. The molecule has 1 aromatic heterocycles. The van der Waals surface area contributed by atoms with E-state index in [1.807, 2.05) is 17.3 Å². The molecule has 126 valence electrons. The highest BCUT2D eigenvalue weighted by atomic mass is 16.2. The number of aromatic nitrogens is 2. The van der Waals surface area contributed by atoms with Crippen LogP contribution in [-0.2, 0) is 16.0 Å². The van der Waals surface area contributed by atoms with Crippen LogP contribution >= 0.6 is 0 Å². The molecule has 2 aliphatic heterocycles. The minimum atomic E-state index is 0.180. The van der Waals surface area contributed by atoms with Gasteiger partial charge in [0.25, 0.3) is 0 Å². The number of nitrogens with zero attached hydrogens (tertiary/aromatic N) is 2. The second-order valence-electron chi connectivity index (χ2n) is 6.94. The molecule has 2 aliphatic rings. The normalized spacial score (nSPS) is 21.0. The van der Waals surface area contributed by atoms with Crippen molar-refractivity contribution in [1.29, 1.82) is 0 Å². The van der Waals surface area contributed by atoms with Crippen molar-refractivity contribution in [3.63, 3.8) is 0 Å². The predicted molar refractivity (Wildman–Crippen MR) is 86.6 cm³/mol. The topological polar surface area (TPSA) is 78.1 Å². The smallest absolute Gasteiger partial charge is 0.222 e. The first-order valence-corrected chi connectivity index (χ1v) is 8.69. The molecule has 2 N–H and O–H groups in total. The van der Waals surface area contributed by atoms with Crippen LogP contribution < -0.4 is 5.32 Å². The molecule has 1 spiro atoms. The van der Waals surface area contributed by atoms with Gasteiger partial charge in [-0.2, -0.15) is 5.10 Å². The molecule has 23 heavy (non-hydrogen) atoms. The Morgan fingerprint density at radius 3 is 2.83 bits per heavy atom. The van der Waals surface area contributed by atoms with Crippen molar-refractivity contribution in [2.75, 3.05) is 19.6 Å². The van der Waals surface area contributed by atoms with Crippen LogP contribution in [0.3, 0.4) is 0 Å². The molecular weight excluding hydrogens is 292 g/mol. The zero-order valence-corrected chi connectivity index (χ0v) is 13.6. The SMILES string of the molecule is O=C1CCC2(CCN1)CCN(C(=O)CCCc1cn[nH]c1)CC2. The third-order valence-corrected chi connectivity index (χ3v) is 5.45. The van der Waals surface area contributed by atoms with Crippen LogP contribution in [0.15, 0.2) is 12.4 Å². The van der Waals surface area contributed by atoms with Crippen molar-refractivity contribution < 1.29 is 9.59 Å². The number of aryl methyl sites for hydroxylation is 1. The predicted octanol–water partition coefficient (Wildman–Crippen LogP) is 1.64. The molecule has 0 bridgehead atoms. The van der Waals surface area contributed by atoms with Crippen LogP contribution in [0.5, 0.6) is 0 Å². The summed E-state index contributed by atoms with van der Waals surface area (Å²) in [4.78, 5) is 25.9. The monoisotopic (exact) mass is 318 g/mol. The minimum absolute atomic E-state index is 0.180. The van der Waals surface area contributed by atoms with Crippen LogP contribution in [0.1, 0.15) is 50.5 Å². The van der Waals surface area contributed by atoms with Gasteiger partial charge in [0, 0.05) is 38.7 Å². The first-order chi connectivity index (χ1) is 11.2. The molecule has 1 aromatic rings. The van der Waals surface area contributed by atoms with Crippen LogP contribution in [0.2, 0.25) is 0 Å². The Morgan fingerprint density at radius 2 is 2.09 bits per heavy atom. The summed E-state index contributed by atoms with van der Waals surface area (Å²) in [6.45, 7) is 2.48. The molecule has 3 rings (SSSR count). The van der Waals surface area contributed by atoms with Crippen molar-refractivity contribution in [3.05, 3.63) is 18.0 Å². The van der Waals surface area contributed by atoms with E-state index in [0.717, 1.165) is 63.7 Å². The van der Waals surface area contributed by atoms with Gasteiger partial charge in [-0.15, -0.1) is 0 Å². The molecule has 0 aromatic carbocycles. The first kappa shape index (κ1) is 16.0. The summed E-state index contributed by atoms with van der Waals surface area (Å²) >= 11 is 0. The molecule has 6 nitrogen and oxygen atoms in total. The van der Waals surface area contributed by atoms with E-state index in [2.05, 4.69) is 15.5 Å². The maximum absolute atomic E-state index is 12.4. The number of nitrogens with one attached hydrogen (secondary N) is 2. The number of piperidine rings is 1. The fraction of sp³-hybridized carbons (Fsp3) is 0.706. The van der Waals surface area contributed by atoms with Gasteiger partial charge in [-0.3, -0.25) is 14.7 Å². The van der Waals surface area contributed by atoms with Gasteiger partial charge in [0.1, 0.15) is 0 Å². The molecule has 2 fully saturated rings. The lowest BCUT2D eigenvalue weighted by Crippen LogP contribution is -2.43. The highest BCUT2D eigenvalue weighted by Crippen LogP contribution is 2.40. The van der Waals surface area contributed by atoms with Gasteiger partial charge in [-0.05, 0) is 49.5 Å².